The van der Waals surface area contributed by atoms with Gasteiger partial charge in [0.1, 0.15) is 4.87 Å². The number of aliphatic hydroxyl groups excluding tert-OH is 1. The molecule has 0 saturated carbocycles. The number of thioether (sulfide) groups is 1. The monoisotopic (exact) mass is 560 g/mol. The minimum absolute atomic E-state index is 0.260. The van der Waals surface area contributed by atoms with Crippen molar-refractivity contribution in [3.8, 4) is 0 Å². The van der Waals surface area contributed by atoms with Gasteiger partial charge >= 0.3 is 6.03 Å². The van der Waals surface area contributed by atoms with Gasteiger partial charge < -0.3 is 25.5 Å². The number of amides is 4. The van der Waals surface area contributed by atoms with Crippen LogP contribution in [0.15, 0.2) is 84.9 Å². The highest BCUT2D eigenvalue weighted by molar-refractivity contribution is 8.00. The van der Waals surface area contributed by atoms with E-state index in [-0.39, 0.29) is 13.0 Å². The molecule has 4 rings (SSSR count). The third-order valence-electron chi connectivity index (χ3n) is 7.21. The molecule has 8 nitrogen and oxygen atoms in total. The minimum Gasteiger partial charge on any atom is -0.381 e. The number of hydrogen-bond donors (Lipinski definition) is 3. The van der Waals surface area contributed by atoms with Gasteiger partial charge in [-0.15, -0.1) is 11.8 Å². The lowest BCUT2D eigenvalue weighted by Gasteiger charge is -2.35. The van der Waals surface area contributed by atoms with E-state index in [0.29, 0.717) is 19.0 Å². The Morgan fingerprint density at radius 1 is 1.02 bits per heavy atom. The van der Waals surface area contributed by atoms with Crippen LogP contribution in [0.1, 0.15) is 29.2 Å². The Bertz CT molecular complexity index is 1290. The molecule has 3 aromatic rings. The van der Waals surface area contributed by atoms with Gasteiger partial charge in [0.25, 0.3) is 5.91 Å². The number of urea groups is 1. The van der Waals surface area contributed by atoms with Crippen LogP contribution in [0, 0.1) is 6.92 Å². The molecule has 0 bridgehead atoms. The van der Waals surface area contributed by atoms with Crippen LogP contribution >= 0.6 is 11.8 Å². The van der Waals surface area contributed by atoms with Crippen LogP contribution in [0.3, 0.4) is 0 Å². The molecule has 210 valence electrons. The highest BCUT2D eigenvalue weighted by Gasteiger charge is 2.43. The summed E-state index contributed by atoms with van der Waals surface area (Å²) in [6.07, 6.45) is -0.370. The molecule has 0 aromatic heterocycles. The van der Waals surface area contributed by atoms with Crippen molar-refractivity contribution >= 4 is 30.1 Å². The molecule has 3 atom stereocenters. The van der Waals surface area contributed by atoms with Crippen LogP contribution in [0.5, 0.6) is 0 Å². The lowest BCUT2D eigenvalue weighted by molar-refractivity contribution is -0.141. The Morgan fingerprint density at radius 3 is 2.30 bits per heavy atom. The van der Waals surface area contributed by atoms with Crippen LogP contribution in [0.2, 0.25) is 0 Å². The molecule has 1 saturated heterocycles. The molecule has 3 aromatic carbocycles. The Balaban J connectivity index is 1.43. The molecule has 40 heavy (non-hydrogen) atoms. The first-order valence-electron chi connectivity index (χ1n) is 13.3. The summed E-state index contributed by atoms with van der Waals surface area (Å²) in [4.78, 5) is 41.1. The molecule has 3 N–H and O–H groups in total. The molecular weight excluding hydrogens is 524 g/mol. The molecule has 1 aliphatic rings. The van der Waals surface area contributed by atoms with Crippen molar-refractivity contribution in [3.63, 3.8) is 0 Å². The van der Waals surface area contributed by atoms with Gasteiger partial charge in [0.15, 0.2) is 6.10 Å². The molecule has 0 radical (unpaired) electrons. The molecule has 1 fully saturated rings. The summed E-state index contributed by atoms with van der Waals surface area (Å²) in [5.74, 6) is -0.162. The highest BCUT2D eigenvalue weighted by atomic mass is 32.2. The number of nitrogens with one attached hydrogen (secondary N) is 2. The van der Waals surface area contributed by atoms with Gasteiger partial charge in [-0.3, -0.25) is 9.59 Å². The Morgan fingerprint density at radius 2 is 1.65 bits per heavy atom. The topological polar surface area (TPSA) is 102 Å². The van der Waals surface area contributed by atoms with E-state index in [1.807, 2.05) is 98.8 Å². The second-order valence-corrected chi connectivity index (χ2v) is 11.6. The Kier molecular flexibility index (Phi) is 9.84. The summed E-state index contributed by atoms with van der Waals surface area (Å²) < 4.78 is 0. The molecule has 9 heteroatoms. The molecule has 1 heterocycles. The average Bonchev–Trinajstić information content (AvgIpc) is 3.38. The van der Waals surface area contributed by atoms with E-state index in [0.717, 1.165) is 28.7 Å². The van der Waals surface area contributed by atoms with Gasteiger partial charge in [0, 0.05) is 13.1 Å². The van der Waals surface area contributed by atoms with E-state index < -0.39 is 29.0 Å². The average molecular weight is 561 g/mol. The first-order chi connectivity index (χ1) is 19.3. The number of aliphatic hydroxyl groups is 1. The summed E-state index contributed by atoms with van der Waals surface area (Å²) in [6, 6.07) is 25.5. The summed E-state index contributed by atoms with van der Waals surface area (Å²) in [5, 5.41) is 16.9. The minimum atomic E-state index is -1.47. The maximum absolute atomic E-state index is 13.5. The fraction of sp³-hybridized carbons (Fsp3) is 0.323. The van der Waals surface area contributed by atoms with Crippen molar-refractivity contribution in [3.05, 3.63) is 107 Å². The molecule has 3 unspecified atom stereocenters. The van der Waals surface area contributed by atoms with E-state index in [2.05, 4.69) is 10.6 Å². The SMILES string of the molecule is Cc1ccccc1CN(C=O)C1(C)CN(C(=O)C(O)C(Cc2ccccc2)NC(=O)NCc2ccccc2)CS1. The van der Waals surface area contributed by atoms with Crippen LogP contribution in [0.25, 0.3) is 0 Å². The van der Waals surface area contributed by atoms with Gasteiger partial charge in [0.05, 0.1) is 18.5 Å². The van der Waals surface area contributed by atoms with E-state index in [1.54, 1.807) is 9.80 Å². The third-order valence-corrected chi connectivity index (χ3v) is 8.64. The first-order valence-corrected chi connectivity index (χ1v) is 14.3. The van der Waals surface area contributed by atoms with Crippen LogP contribution < -0.4 is 10.6 Å². The predicted molar refractivity (Wildman–Crippen MR) is 157 cm³/mol. The van der Waals surface area contributed by atoms with Crippen LogP contribution in [-0.4, -0.2) is 62.7 Å². The van der Waals surface area contributed by atoms with Gasteiger partial charge in [0.2, 0.25) is 6.41 Å². The fourth-order valence-electron chi connectivity index (χ4n) is 4.73. The van der Waals surface area contributed by atoms with Gasteiger partial charge in [-0.1, -0.05) is 84.9 Å². The van der Waals surface area contributed by atoms with E-state index in [9.17, 15) is 19.5 Å². The van der Waals surface area contributed by atoms with Crippen molar-refractivity contribution in [1.82, 2.24) is 20.4 Å². The van der Waals surface area contributed by atoms with Crippen molar-refractivity contribution < 1.29 is 19.5 Å². The number of benzene rings is 3. The Labute approximate surface area is 239 Å². The second kappa shape index (κ2) is 13.5. The quantitative estimate of drug-likeness (QED) is 0.311. The van der Waals surface area contributed by atoms with Crippen LogP contribution in [-0.2, 0) is 29.1 Å². The van der Waals surface area contributed by atoms with Gasteiger partial charge in [-0.25, -0.2) is 4.79 Å². The lowest BCUT2D eigenvalue weighted by atomic mass is 10.00. The lowest BCUT2D eigenvalue weighted by Crippen LogP contribution is -2.55. The van der Waals surface area contributed by atoms with E-state index >= 15 is 0 Å². The first kappa shape index (κ1) is 29.2. The number of hydrogen-bond acceptors (Lipinski definition) is 5. The summed E-state index contributed by atoms with van der Waals surface area (Å²) >= 11 is 1.48. The maximum Gasteiger partial charge on any atom is 0.315 e. The van der Waals surface area contributed by atoms with Crippen molar-refractivity contribution in [2.24, 2.45) is 0 Å². The molecule has 1 aliphatic heterocycles. The highest BCUT2D eigenvalue weighted by Crippen LogP contribution is 2.37. The van der Waals surface area contributed by atoms with E-state index in [1.165, 1.54) is 11.8 Å². The number of aryl methyl sites for hydroxylation is 1. The van der Waals surface area contributed by atoms with Crippen molar-refractivity contribution in [2.45, 2.75) is 50.4 Å². The molecule has 0 spiro atoms. The Hall–Kier alpha value is -3.82. The second-order valence-electron chi connectivity index (χ2n) is 10.2. The van der Waals surface area contributed by atoms with Crippen molar-refractivity contribution in [1.29, 1.82) is 0 Å². The normalized spacial score (nSPS) is 18.0. The molecular formula is C31H36N4O4S. The predicted octanol–water partition coefficient (Wildman–Crippen LogP) is 3.67. The molecule has 0 aliphatic carbocycles. The summed E-state index contributed by atoms with van der Waals surface area (Å²) in [6.45, 7) is 4.93. The third kappa shape index (κ3) is 7.43. The van der Waals surface area contributed by atoms with Gasteiger partial charge in [-0.05, 0) is 42.5 Å². The van der Waals surface area contributed by atoms with Crippen molar-refractivity contribution in [2.75, 3.05) is 12.4 Å². The number of rotatable bonds is 11. The van der Waals surface area contributed by atoms with Crippen LogP contribution in [0.4, 0.5) is 4.79 Å². The smallest absolute Gasteiger partial charge is 0.315 e. The fourth-order valence-corrected chi connectivity index (χ4v) is 5.90. The number of nitrogens with zero attached hydrogens (tertiary/aromatic N) is 2. The summed E-state index contributed by atoms with van der Waals surface area (Å²) in [5.41, 5.74) is 3.95. The zero-order valence-corrected chi connectivity index (χ0v) is 23.6. The zero-order chi connectivity index (χ0) is 28.5. The number of carbonyl (C=O) groups is 3. The van der Waals surface area contributed by atoms with Gasteiger partial charge in [-0.2, -0.15) is 0 Å². The standard InChI is InChI=1S/C31H36N4O4S/c1-23-11-9-10-16-26(23)19-35(21-36)31(2)20-34(22-40-31)29(38)28(37)27(17-24-12-5-3-6-13-24)33-30(39)32-18-25-14-7-4-8-15-25/h3-16,21,27-28,37H,17-20,22H2,1-2H3,(H2,32,33,39). The number of carbonyl (C=O) groups excluding carboxylic acids is 3. The van der Waals surface area contributed by atoms with E-state index in [4.69, 9.17) is 0 Å². The molecule has 4 amide bonds. The maximum atomic E-state index is 13.5. The summed E-state index contributed by atoms with van der Waals surface area (Å²) in [7, 11) is 0. The zero-order valence-electron chi connectivity index (χ0n) is 22.8. The largest absolute Gasteiger partial charge is 0.381 e.